The lowest BCUT2D eigenvalue weighted by Gasteiger charge is -2.11. The van der Waals surface area contributed by atoms with Crippen molar-refractivity contribution < 1.29 is 3.17 Å². The van der Waals surface area contributed by atoms with Gasteiger partial charge in [-0.15, -0.1) is 4.73 Å². The lowest BCUT2D eigenvalue weighted by molar-refractivity contribution is 0.346. The highest BCUT2D eigenvalue weighted by Crippen LogP contribution is 2.18. The minimum Gasteiger partial charge on any atom is -0.342 e. The molecule has 0 aromatic carbocycles. The van der Waals surface area contributed by atoms with E-state index >= 15 is 0 Å². The molecule has 108 valence electrons. The molecule has 1 heterocycles. The molecule has 0 saturated heterocycles. The van der Waals surface area contributed by atoms with Crippen LogP contribution in [0.1, 0.15) is 24.0 Å². The summed E-state index contributed by atoms with van der Waals surface area (Å²) in [6.07, 6.45) is 12.8. The molecule has 0 N–H and O–H groups in total. The van der Waals surface area contributed by atoms with Gasteiger partial charge in [0.15, 0.2) is 0 Å². The molecule has 0 bridgehead atoms. The maximum atomic E-state index is 12.5. The molecule has 1 aliphatic rings. The summed E-state index contributed by atoms with van der Waals surface area (Å²) in [5, 5.41) is 0. The molecule has 0 radical (unpaired) electrons. The normalized spacial score (nSPS) is 17.0. The van der Waals surface area contributed by atoms with Crippen LogP contribution in [-0.4, -0.2) is 9.71 Å². The van der Waals surface area contributed by atoms with Crippen LogP contribution >= 0.6 is 23.0 Å². The predicted octanol–water partition coefficient (Wildman–Crippen LogP) is 3.45. The number of rotatable bonds is 4. The van der Waals surface area contributed by atoms with Crippen molar-refractivity contribution in [1.29, 1.82) is 0 Å². The molecular weight excluding hydrogens is 379 g/mol. The van der Waals surface area contributed by atoms with Crippen LogP contribution in [0.5, 0.6) is 0 Å². The summed E-state index contributed by atoms with van der Waals surface area (Å²) >= 11 is 1.66. The Morgan fingerprint density at radius 3 is 2.76 bits per heavy atom. The first kappa shape index (κ1) is 15.5. The van der Waals surface area contributed by atoms with Crippen molar-refractivity contribution in [1.82, 2.24) is 9.71 Å². The number of hydrogen-bond acceptors (Lipinski definition) is 3. The van der Waals surface area contributed by atoms with Gasteiger partial charge in [-0.05, 0) is 18.1 Å². The summed E-state index contributed by atoms with van der Waals surface area (Å²) < 4.78 is 6.31. The molecule has 0 saturated carbocycles. The van der Waals surface area contributed by atoms with E-state index in [1.165, 1.54) is 10.8 Å². The lowest BCUT2D eigenvalue weighted by atomic mass is 10.1. The van der Waals surface area contributed by atoms with Gasteiger partial charge in [0, 0.05) is 5.57 Å². The summed E-state index contributed by atoms with van der Waals surface area (Å²) in [5.74, 6) is 0.313. The van der Waals surface area contributed by atoms with E-state index in [0.717, 1.165) is 5.57 Å². The van der Waals surface area contributed by atoms with Crippen molar-refractivity contribution in [3.63, 3.8) is 0 Å². The molecule has 1 aliphatic carbocycles. The summed E-state index contributed by atoms with van der Waals surface area (Å²) in [6, 6.07) is 0. The first-order valence-electron chi connectivity index (χ1n) is 6.40. The Kier molecular flexibility index (Phi) is 4.95. The Bertz CT molecular complexity index is 727. The maximum absolute atomic E-state index is 12.5. The van der Waals surface area contributed by atoms with Gasteiger partial charge in [0.1, 0.15) is 11.4 Å². The van der Waals surface area contributed by atoms with Crippen LogP contribution in [0.3, 0.4) is 0 Å². The van der Waals surface area contributed by atoms with Gasteiger partial charge in [-0.3, -0.25) is 4.79 Å². The zero-order valence-electron chi connectivity index (χ0n) is 11.6. The molecule has 5 heteroatoms. The minimum absolute atomic E-state index is 0.313. The van der Waals surface area contributed by atoms with Crippen LogP contribution in [0.25, 0.3) is 17.7 Å². The van der Waals surface area contributed by atoms with Crippen LogP contribution < -0.4 is 8.73 Å². The van der Waals surface area contributed by atoms with Gasteiger partial charge in [0.2, 0.25) is 23.0 Å². The van der Waals surface area contributed by atoms with Gasteiger partial charge >= 0.3 is 5.56 Å². The van der Waals surface area contributed by atoms with Crippen molar-refractivity contribution in [3.8, 4) is 0 Å². The molecule has 1 aromatic heterocycles. The smallest absolute Gasteiger partial charge is 0.310 e. The standard InChI is InChI=1S/C16H15IN2O2/c1-4-13-14(5-2)19(21-17)16(20)15(18-13)12-8-6-7-11(3)9-10-12/h4-11H,1-2H2,3H3. The summed E-state index contributed by atoms with van der Waals surface area (Å²) in [5.41, 5.74) is 1.76. The molecule has 0 fully saturated rings. The van der Waals surface area contributed by atoms with Crippen molar-refractivity contribution in [2.75, 3.05) is 0 Å². The highest BCUT2D eigenvalue weighted by Gasteiger charge is 2.16. The number of aromatic nitrogens is 2. The minimum atomic E-state index is -0.330. The Morgan fingerprint density at radius 1 is 1.38 bits per heavy atom. The molecule has 1 atom stereocenters. The highest BCUT2D eigenvalue weighted by atomic mass is 127. The van der Waals surface area contributed by atoms with Crippen molar-refractivity contribution in [2.45, 2.75) is 6.92 Å². The summed E-state index contributed by atoms with van der Waals surface area (Å²) in [4.78, 5) is 16.9. The fourth-order valence-electron chi connectivity index (χ4n) is 2.00. The molecular formula is C16H15IN2O2. The first-order valence-corrected chi connectivity index (χ1v) is 7.28. The topological polar surface area (TPSA) is 44.1 Å². The third kappa shape index (κ3) is 3.07. The summed E-state index contributed by atoms with van der Waals surface area (Å²) in [7, 11) is 0. The third-order valence-electron chi connectivity index (χ3n) is 3.10. The largest absolute Gasteiger partial charge is 0.342 e. The zero-order chi connectivity index (χ0) is 15.4. The van der Waals surface area contributed by atoms with Crippen molar-refractivity contribution in [2.24, 2.45) is 5.92 Å². The highest BCUT2D eigenvalue weighted by molar-refractivity contribution is 14.1. The average Bonchev–Trinajstić information content (AvgIpc) is 2.71. The molecule has 0 aliphatic heterocycles. The van der Waals surface area contributed by atoms with Gasteiger partial charge in [0.05, 0.1) is 5.69 Å². The quantitative estimate of drug-likeness (QED) is 0.735. The summed E-state index contributed by atoms with van der Waals surface area (Å²) in [6.45, 7) is 9.48. The van der Waals surface area contributed by atoms with E-state index in [1.807, 2.05) is 30.4 Å². The van der Waals surface area contributed by atoms with E-state index in [-0.39, 0.29) is 5.56 Å². The van der Waals surface area contributed by atoms with E-state index in [2.05, 4.69) is 25.1 Å². The second-order valence-corrected chi connectivity index (χ2v) is 4.93. The number of allylic oxidation sites excluding steroid dienone is 6. The molecule has 1 aromatic rings. The Balaban J connectivity index is 2.71. The molecule has 4 nitrogen and oxygen atoms in total. The average molecular weight is 394 g/mol. The van der Waals surface area contributed by atoms with E-state index in [4.69, 9.17) is 3.17 Å². The fraction of sp³-hybridized carbons (Fsp3) is 0.125. The molecule has 2 rings (SSSR count). The lowest BCUT2D eigenvalue weighted by Crippen LogP contribution is -2.29. The number of hydrogen-bond donors (Lipinski definition) is 0. The van der Waals surface area contributed by atoms with E-state index in [1.54, 1.807) is 29.1 Å². The maximum Gasteiger partial charge on any atom is 0.310 e. The second-order valence-electron chi connectivity index (χ2n) is 4.53. The number of nitrogens with zero attached hydrogens (tertiary/aromatic N) is 2. The van der Waals surface area contributed by atoms with Crippen LogP contribution in [-0.2, 0) is 0 Å². The van der Waals surface area contributed by atoms with Crippen molar-refractivity contribution in [3.05, 3.63) is 71.0 Å². The Morgan fingerprint density at radius 2 is 2.14 bits per heavy atom. The first-order chi connectivity index (χ1) is 10.1. The van der Waals surface area contributed by atoms with E-state index in [9.17, 15) is 4.79 Å². The van der Waals surface area contributed by atoms with Crippen molar-refractivity contribution >= 4 is 40.7 Å². The van der Waals surface area contributed by atoms with E-state index < -0.39 is 0 Å². The van der Waals surface area contributed by atoms with Crippen LogP contribution in [0.4, 0.5) is 0 Å². The van der Waals surface area contributed by atoms with Gasteiger partial charge < -0.3 is 3.17 Å². The molecule has 21 heavy (non-hydrogen) atoms. The number of halogens is 1. The van der Waals surface area contributed by atoms with Crippen LogP contribution in [0.15, 0.2) is 48.3 Å². The van der Waals surface area contributed by atoms with Gasteiger partial charge in [-0.1, -0.05) is 50.5 Å². The van der Waals surface area contributed by atoms with Gasteiger partial charge in [-0.25, -0.2) is 4.98 Å². The molecule has 0 amide bonds. The fourth-order valence-corrected chi connectivity index (χ4v) is 2.39. The monoisotopic (exact) mass is 394 g/mol. The third-order valence-corrected chi connectivity index (χ3v) is 3.49. The van der Waals surface area contributed by atoms with Crippen LogP contribution in [0, 0.1) is 5.92 Å². The molecule has 0 spiro atoms. The van der Waals surface area contributed by atoms with Gasteiger partial charge in [0.25, 0.3) is 0 Å². The Hall–Kier alpha value is -1.89. The Labute approximate surface area is 137 Å². The second kappa shape index (κ2) is 6.71. The molecule has 1 unspecified atom stereocenters. The zero-order valence-corrected chi connectivity index (χ0v) is 13.8. The SMILES string of the molecule is C=Cc1nc(C2=CC=CC(C)C=C2)c(=O)n(OI)c1C=C. The van der Waals surface area contributed by atoms with Crippen LogP contribution in [0.2, 0.25) is 0 Å². The predicted molar refractivity (Wildman–Crippen MR) is 94.7 cm³/mol. The van der Waals surface area contributed by atoms with Gasteiger partial charge in [-0.2, -0.15) is 0 Å². The van der Waals surface area contributed by atoms with E-state index in [0.29, 0.717) is 23.0 Å².